The fourth-order valence-corrected chi connectivity index (χ4v) is 2.09. The third-order valence-corrected chi connectivity index (χ3v) is 3.17. The minimum atomic E-state index is 0.333. The Morgan fingerprint density at radius 1 is 1.12 bits per heavy atom. The largest absolute Gasteiger partial charge is 0.328 e. The van der Waals surface area contributed by atoms with Crippen molar-refractivity contribution in [1.82, 2.24) is 0 Å². The lowest BCUT2D eigenvalue weighted by Crippen LogP contribution is -2.14. The zero-order valence-corrected chi connectivity index (χ0v) is 10.9. The van der Waals surface area contributed by atoms with E-state index < -0.39 is 0 Å². The predicted octanol–water partition coefficient (Wildman–Crippen LogP) is 3.48. The van der Waals surface area contributed by atoms with Crippen LogP contribution in [0.1, 0.15) is 50.3 Å². The molecule has 2 N–H and O–H groups in total. The second-order valence-electron chi connectivity index (χ2n) is 4.68. The summed E-state index contributed by atoms with van der Waals surface area (Å²) in [5.74, 6) is 0. The maximum atomic E-state index is 5.78. The molecule has 1 unspecified atom stereocenters. The molecule has 0 heterocycles. The van der Waals surface area contributed by atoms with Gasteiger partial charge in [-0.2, -0.15) is 0 Å². The smallest absolute Gasteiger partial charge is 0.00105 e. The lowest BCUT2D eigenvalue weighted by Gasteiger charge is -2.11. The van der Waals surface area contributed by atoms with Crippen LogP contribution >= 0.6 is 0 Å². The normalized spacial score (nSPS) is 12.8. The molecule has 0 radical (unpaired) electrons. The van der Waals surface area contributed by atoms with E-state index in [1.165, 1.54) is 29.5 Å². The molecular formula is C15H25N. The molecule has 0 fully saturated rings. The summed E-state index contributed by atoms with van der Waals surface area (Å²) in [6.45, 7) is 6.53. The molecule has 0 saturated carbocycles. The van der Waals surface area contributed by atoms with Gasteiger partial charge in [0.1, 0.15) is 0 Å². The molecule has 0 aliphatic rings. The number of aryl methyl sites for hydroxylation is 3. The molecule has 0 aliphatic carbocycles. The van der Waals surface area contributed by atoms with E-state index in [1.54, 1.807) is 0 Å². The first-order valence-electron chi connectivity index (χ1n) is 6.53. The molecule has 1 atom stereocenters. The fourth-order valence-electron chi connectivity index (χ4n) is 2.09. The van der Waals surface area contributed by atoms with Crippen LogP contribution < -0.4 is 5.73 Å². The van der Waals surface area contributed by atoms with Crippen LogP contribution in [0.2, 0.25) is 0 Å². The average molecular weight is 219 g/mol. The van der Waals surface area contributed by atoms with E-state index in [-0.39, 0.29) is 0 Å². The van der Waals surface area contributed by atoms with Crippen molar-refractivity contribution in [3.05, 3.63) is 34.9 Å². The Bertz CT molecular complexity index is 315. The summed E-state index contributed by atoms with van der Waals surface area (Å²) in [6, 6.07) is 7.26. The van der Waals surface area contributed by atoms with Gasteiger partial charge in [0.2, 0.25) is 0 Å². The van der Waals surface area contributed by atoms with E-state index in [9.17, 15) is 0 Å². The Labute approximate surface area is 100 Å². The van der Waals surface area contributed by atoms with Gasteiger partial charge in [-0.15, -0.1) is 0 Å². The molecule has 16 heavy (non-hydrogen) atoms. The van der Waals surface area contributed by atoms with Gasteiger partial charge in [0.15, 0.2) is 0 Å². The lowest BCUT2D eigenvalue weighted by atomic mass is 9.96. The van der Waals surface area contributed by atoms with Gasteiger partial charge < -0.3 is 5.73 Å². The molecule has 0 bridgehead atoms. The molecule has 0 saturated heterocycles. The van der Waals surface area contributed by atoms with Crippen LogP contribution in [0.15, 0.2) is 18.2 Å². The highest BCUT2D eigenvalue weighted by Crippen LogP contribution is 2.16. The predicted molar refractivity (Wildman–Crippen MR) is 71.8 cm³/mol. The fraction of sp³-hybridized carbons (Fsp3) is 0.600. The van der Waals surface area contributed by atoms with Crippen molar-refractivity contribution in [2.45, 2.75) is 58.9 Å². The van der Waals surface area contributed by atoms with Crippen molar-refractivity contribution in [3.8, 4) is 0 Å². The first-order chi connectivity index (χ1) is 7.67. The Kier molecular flexibility index (Phi) is 5.54. The van der Waals surface area contributed by atoms with Crippen molar-refractivity contribution >= 4 is 0 Å². The van der Waals surface area contributed by atoms with Crippen LogP contribution in [0.3, 0.4) is 0 Å². The van der Waals surface area contributed by atoms with E-state index in [4.69, 9.17) is 5.73 Å². The summed E-state index contributed by atoms with van der Waals surface area (Å²) in [7, 11) is 0. The van der Waals surface area contributed by atoms with E-state index in [2.05, 4.69) is 39.0 Å². The molecule has 0 aromatic heterocycles. The summed E-state index contributed by atoms with van der Waals surface area (Å²) in [4.78, 5) is 0. The summed E-state index contributed by atoms with van der Waals surface area (Å²) >= 11 is 0. The zero-order valence-electron chi connectivity index (χ0n) is 10.9. The number of benzene rings is 1. The molecular weight excluding hydrogens is 194 g/mol. The summed E-state index contributed by atoms with van der Waals surface area (Å²) < 4.78 is 0. The molecule has 90 valence electrons. The van der Waals surface area contributed by atoms with Crippen molar-refractivity contribution < 1.29 is 0 Å². The van der Waals surface area contributed by atoms with Crippen LogP contribution in [-0.4, -0.2) is 6.04 Å². The highest BCUT2D eigenvalue weighted by atomic mass is 14.6. The maximum Gasteiger partial charge on any atom is 0.00105 e. The van der Waals surface area contributed by atoms with Gasteiger partial charge in [-0.1, -0.05) is 32.0 Å². The first-order valence-corrected chi connectivity index (χ1v) is 6.53. The minimum Gasteiger partial charge on any atom is -0.328 e. The van der Waals surface area contributed by atoms with E-state index >= 15 is 0 Å². The average Bonchev–Trinajstić information content (AvgIpc) is 2.28. The zero-order chi connectivity index (χ0) is 12.0. The molecule has 1 rings (SSSR count). The number of hydrogen-bond donors (Lipinski definition) is 1. The van der Waals surface area contributed by atoms with Gasteiger partial charge in [-0.25, -0.2) is 0 Å². The van der Waals surface area contributed by atoms with Crippen LogP contribution in [-0.2, 0) is 19.3 Å². The minimum absolute atomic E-state index is 0.333. The van der Waals surface area contributed by atoms with Gasteiger partial charge in [0, 0.05) is 6.04 Å². The third kappa shape index (κ3) is 3.97. The Morgan fingerprint density at radius 2 is 1.88 bits per heavy atom. The van der Waals surface area contributed by atoms with Crippen LogP contribution in [0, 0.1) is 0 Å². The van der Waals surface area contributed by atoms with E-state index in [0.29, 0.717) is 6.04 Å². The Hall–Kier alpha value is -0.820. The Balaban J connectivity index is 2.67. The second kappa shape index (κ2) is 6.70. The van der Waals surface area contributed by atoms with Crippen LogP contribution in [0.5, 0.6) is 0 Å². The molecule has 0 spiro atoms. The molecule has 0 amide bonds. The standard InChI is InChI=1S/C15H25N/c1-4-13-9-10-14(5-2)15(11-13)8-6-7-12(3)16/h9-12H,4-8,16H2,1-3H3. The van der Waals surface area contributed by atoms with Gasteiger partial charge >= 0.3 is 0 Å². The molecule has 1 aromatic carbocycles. The van der Waals surface area contributed by atoms with Gasteiger partial charge in [-0.3, -0.25) is 0 Å². The van der Waals surface area contributed by atoms with E-state index in [0.717, 1.165) is 19.3 Å². The molecule has 1 aromatic rings. The highest BCUT2D eigenvalue weighted by Gasteiger charge is 2.03. The SMILES string of the molecule is CCc1ccc(CC)c(CCCC(C)N)c1. The highest BCUT2D eigenvalue weighted by molar-refractivity contribution is 5.32. The second-order valence-corrected chi connectivity index (χ2v) is 4.68. The monoisotopic (exact) mass is 219 g/mol. The summed E-state index contributed by atoms with van der Waals surface area (Å²) in [5.41, 5.74) is 10.3. The van der Waals surface area contributed by atoms with Crippen molar-refractivity contribution in [3.63, 3.8) is 0 Å². The van der Waals surface area contributed by atoms with Crippen molar-refractivity contribution in [2.24, 2.45) is 5.73 Å². The topological polar surface area (TPSA) is 26.0 Å². The van der Waals surface area contributed by atoms with Gasteiger partial charge in [0.25, 0.3) is 0 Å². The maximum absolute atomic E-state index is 5.78. The van der Waals surface area contributed by atoms with E-state index in [1.807, 2.05) is 0 Å². The number of hydrogen-bond acceptors (Lipinski definition) is 1. The Morgan fingerprint density at radius 3 is 2.44 bits per heavy atom. The molecule has 0 aliphatic heterocycles. The summed E-state index contributed by atoms with van der Waals surface area (Å²) in [6.07, 6.45) is 5.78. The van der Waals surface area contributed by atoms with Crippen molar-refractivity contribution in [1.29, 1.82) is 0 Å². The lowest BCUT2D eigenvalue weighted by molar-refractivity contribution is 0.622. The number of nitrogens with two attached hydrogens (primary N) is 1. The third-order valence-electron chi connectivity index (χ3n) is 3.17. The molecule has 1 nitrogen and oxygen atoms in total. The van der Waals surface area contributed by atoms with Gasteiger partial charge in [0.05, 0.1) is 0 Å². The van der Waals surface area contributed by atoms with Gasteiger partial charge in [-0.05, 0) is 55.7 Å². The number of rotatable bonds is 6. The quantitative estimate of drug-likeness (QED) is 0.779. The molecule has 1 heteroatoms. The van der Waals surface area contributed by atoms with Crippen LogP contribution in [0.4, 0.5) is 0 Å². The van der Waals surface area contributed by atoms with Crippen molar-refractivity contribution in [2.75, 3.05) is 0 Å². The van der Waals surface area contributed by atoms with Crippen LogP contribution in [0.25, 0.3) is 0 Å². The summed E-state index contributed by atoms with van der Waals surface area (Å²) in [5, 5.41) is 0. The first kappa shape index (κ1) is 13.2.